The van der Waals surface area contributed by atoms with Crippen molar-refractivity contribution in [1.29, 1.82) is 0 Å². The molecule has 0 amide bonds. The van der Waals surface area contributed by atoms with Gasteiger partial charge in [-0.25, -0.2) is 4.39 Å². The van der Waals surface area contributed by atoms with Gasteiger partial charge >= 0.3 is 0 Å². The summed E-state index contributed by atoms with van der Waals surface area (Å²) in [6.45, 7) is 8.88. The summed E-state index contributed by atoms with van der Waals surface area (Å²) in [7, 11) is 1.75. The molecule has 2 aromatic carbocycles. The van der Waals surface area contributed by atoms with E-state index in [1.54, 1.807) is 20.0 Å². The van der Waals surface area contributed by atoms with Gasteiger partial charge in [-0.05, 0) is 42.2 Å². The van der Waals surface area contributed by atoms with E-state index in [0.29, 0.717) is 24.8 Å². The number of aryl methyl sites for hydroxylation is 1. The Morgan fingerprint density at radius 3 is 2.50 bits per heavy atom. The minimum absolute atomic E-state index is 0. The number of nitrogens with zero attached hydrogens (tertiary/aromatic N) is 2. The largest absolute Gasteiger partial charge is 0.376 e. The number of halogens is 2. The van der Waals surface area contributed by atoms with Gasteiger partial charge in [0.2, 0.25) is 0 Å². The van der Waals surface area contributed by atoms with Crippen molar-refractivity contribution in [3.63, 3.8) is 0 Å². The summed E-state index contributed by atoms with van der Waals surface area (Å²) in [5.74, 6) is 0.544. The predicted octanol–water partition coefficient (Wildman–Crippen LogP) is 3.84. The first-order chi connectivity index (χ1) is 14.0. The number of benzene rings is 2. The first-order valence-corrected chi connectivity index (χ1v) is 10.1. The van der Waals surface area contributed by atoms with Gasteiger partial charge in [0.05, 0.1) is 12.7 Å². The fraction of sp³-hybridized carbons (Fsp3) is 0.435. The number of nitrogens with one attached hydrogen (secondary N) is 2. The molecule has 1 aliphatic heterocycles. The quantitative estimate of drug-likeness (QED) is 0.341. The number of guanidine groups is 1. The lowest BCUT2D eigenvalue weighted by Crippen LogP contribution is -2.40. The Bertz CT molecular complexity index is 846. The predicted molar refractivity (Wildman–Crippen MR) is 131 cm³/mol. The summed E-state index contributed by atoms with van der Waals surface area (Å²) in [4.78, 5) is 6.72. The first-order valence-electron chi connectivity index (χ1n) is 10.1. The minimum atomic E-state index is -0.178. The van der Waals surface area contributed by atoms with Crippen LogP contribution in [-0.4, -0.2) is 43.7 Å². The lowest BCUT2D eigenvalue weighted by molar-refractivity contribution is -0.0212. The second kappa shape index (κ2) is 12.2. The molecule has 0 aliphatic carbocycles. The lowest BCUT2D eigenvalue weighted by Gasteiger charge is -2.31. The molecule has 1 aliphatic rings. The summed E-state index contributed by atoms with van der Waals surface area (Å²) >= 11 is 0. The third-order valence-electron chi connectivity index (χ3n) is 5.09. The van der Waals surface area contributed by atoms with E-state index in [-0.39, 0.29) is 29.8 Å². The molecule has 0 radical (unpaired) electrons. The van der Waals surface area contributed by atoms with Crippen molar-refractivity contribution in [3.05, 3.63) is 70.5 Å². The van der Waals surface area contributed by atoms with Gasteiger partial charge < -0.3 is 15.4 Å². The second-order valence-corrected chi connectivity index (χ2v) is 7.60. The molecule has 5 nitrogen and oxygen atoms in total. The highest BCUT2D eigenvalue weighted by molar-refractivity contribution is 14.0. The summed E-state index contributed by atoms with van der Waals surface area (Å²) in [5.41, 5.74) is 4.19. The van der Waals surface area contributed by atoms with Crippen LogP contribution in [0.1, 0.15) is 29.2 Å². The molecule has 1 unspecified atom stereocenters. The molecule has 1 fully saturated rings. The number of ether oxygens (including phenoxy) is 1. The van der Waals surface area contributed by atoms with E-state index in [1.807, 2.05) is 6.07 Å². The average molecular weight is 526 g/mol. The van der Waals surface area contributed by atoms with Crippen LogP contribution in [0.3, 0.4) is 0 Å². The molecule has 164 valence electrons. The Labute approximate surface area is 196 Å². The zero-order chi connectivity index (χ0) is 20.6. The molecule has 2 aromatic rings. The maximum atomic E-state index is 13.4. The SMILES string of the molecule is CN=C(NCc1cccc(CN2CCOC(C)C2)c1)NCc1ccc(F)c(C)c1.I. The van der Waals surface area contributed by atoms with Crippen LogP contribution >= 0.6 is 24.0 Å². The Morgan fingerprint density at radius 1 is 1.13 bits per heavy atom. The van der Waals surface area contributed by atoms with E-state index in [2.05, 4.69) is 51.7 Å². The zero-order valence-electron chi connectivity index (χ0n) is 18.0. The topological polar surface area (TPSA) is 48.9 Å². The third kappa shape index (κ3) is 7.52. The maximum absolute atomic E-state index is 13.4. The van der Waals surface area contributed by atoms with Crippen molar-refractivity contribution in [2.75, 3.05) is 26.7 Å². The zero-order valence-corrected chi connectivity index (χ0v) is 20.3. The van der Waals surface area contributed by atoms with Gasteiger partial charge in [0, 0.05) is 39.8 Å². The van der Waals surface area contributed by atoms with E-state index in [9.17, 15) is 4.39 Å². The molecule has 1 atom stereocenters. The van der Waals surface area contributed by atoms with Gasteiger partial charge in [-0.1, -0.05) is 36.4 Å². The van der Waals surface area contributed by atoms with E-state index >= 15 is 0 Å². The Morgan fingerprint density at radius 2 is 1.83 bits per heavy atom. The highest BCUT2D eigenvalue weighted by Gasteiger charge is 2.16. The fourth-order valence-corrected chi connectivity index (χ4v) is 3.54. The summed E-state index contributed by atoms with van der Waals surface area (Å²) < 4.78 is 19.0. The van der Waals surface area contributed by atoms with E-state index < -0.39 is 0 Å². The van der Waals surface area contributed by atoms with Gasteiger partial charge in [0.15, 0.2) is 5.96 Å². The Balaban J connectivity index is 0.00000320. The van der Waals surface area contributed by atoms with Crippen LogP contribution in [0.2, 0.25) is 0 Å². The van der Waals surface area contributed by atoms with Gasteiger partial charge in [-0.3, -0.25) is 9.89 Å². The smallest absolute Gasteiger partial charge is 0.191 e. The average Bonchev–Trinajstić information content (AvgIpc) is 2.71. The Kier molecular flexibility index (Phi) is 10.0. The van der Waals surface area contributed by atoms with Gasteiger partial charge in [0.25, 0.3) is 0 Å². The monoisotopic (exact) mass is 526 g/mol. The van der Waals surface area contributed by atoms with Crippen LogP contribution < -0.4 is 10.6 Å². The third-order valence-corrected chi connectivity index (χ3v) is 5.09. The molecule has 30 heavy (non-hydrogen) atoms. The van der Waals surface area contributed by atoms with E-state index in [1.165, 1.54) is 17.2 Å². The van der Waals surface area contributed by atoms with Crippen LogP contribution in [0.5, 0.6) is 0 Å². The van der Waals surface area contributed by atoms with Gasteiger partial charge in [-0.2, -0.15) is 0 Å². The summed E-state index contributed by atoms with van der Waals surface area (Å²) in [6.07, 6.45) is 0.299. The van der Waals surface area contributed by atoms with Crippen molar-refractivity contribution in [2.45, 2.75) is 39.6 Å². The molecule has 0 spiro atoms. The summed E-state index contributed by atoms with van der Waals surface area (Å²) in [6, 6.07) is 13.8. The molecule has 1 heterocycles. The summed E-state index contributed by atoms with van der Waals surface area (Å²) in [5, 5.41) is 6.63. The molecule has 2 N–H and O–H groups in total. The number of aliphatic imine (C=N–C) groups is 1. The van der Waals surface area contributed by atoms with Crippen LogP contribution in [0, 0.1) is 12.7 Å². The van der Waals surface area contributed by atoms with Crippen molar-refractivity contribution in [3.8, 4) is 0 Å². The van der Waals surface area contributed by atoms with Crippen LogP contribution in [0.4, 0.5) is 4.39 Å². The van der Waals surface area contributed by atoms with Crippen molar-refractivity contribution in [1.82, 2.24) is 15.5 Å². The molecule has 0 bridgehead atoms. The van der Waals surface area contributed by atoms with Gasteiger partial charge in [0.1, 0.15) is 5.82 Å². The van der Waals surface area contributed by atoms with Gasteiger partial charge in [-0.15, -0.1) is 24.0 Å². The lowest BCUT2D eigenvalue weighted by atomic mass is 10.1. The first kappa shape index (κ1) is 24.6. The molecule has 0 aromatic heterocycles. The molecule has 3 rings (SSSR count). The van der Waals surface area contributed by atoms with E-state index in [4.69, 9.17) is 4.74 Å². The molecular formula is C23H32FIN4O. The Hall–Kier alpha value is -1.71. The second-order valence-electron chi connectivity index (χ2n) is 7.60. The van der Waals surface area contributed by atoms with E-state index in [0.717, 1.165) is 37.8 Å². The molecule has 0 saturated carbocycles. The van der Waals surface area contributed by atoms with Crippen LogP contribution in [-0.2, 0) is 24.4 Å². The number of hydrogen-bond donors (Lipinski definition) is 2. The standard InChI is InChI=1S/C23H31FN4O.HI/c1-17-11-20(7-8-22(17)24)14-27-23(25-3)26-13-19-5-4-6-21(12-19)16-28-9-10-29-18(2)15-28;/h4-8,11-12,18H,9-10,13-16H2,1-3H3,(H2,25,26,27);1H. The maximum Gasteiger partial charge on any atom is 0.191 e. The van der Waals surface area contributed by atoms with Crippen molar-refractivity contribution >= 4 is 29.9 Å². The van der Waals surface area contributed by atoms with Crippen molar-refractivity contribution < 1.29 is 9.13 Å². The number of rotatable bonds is 6. The minimum Gasteiger partial charge on any atom is -0.376 e. The molecule has 1 saturated heterocycles. The fourth-order valence-electron chi connectivity index (χ4n) is 3.54. The van der Waals surface area contributed by atoms with Crippen molar-refractivity contribution in [2.24, 2.45) is 4.99 Å². The normalized spacial score (nSPS) is 17.3. The highest BCUT2D eigenvalue weighted by atomic mass is 127. The van der Waals surface area contributed by atoms with Crippen LogP contribution in [0.25, 0.3) is 0 Å². The van der Waals surface area contributed by atoms with Crippen LogP contribution in [0.15, 0.2) is 47.5 Å². The molecule has 7 heteroatoms. The molecular weight excluding hydrogens is 494 g/mol. The highest BCUT2D eigenvalue weighted by Crippen LogP contribution is 2.12. The number of hydrogen-bond acceptors (Lipinski definition) is 3. The number of morpholine rings is 1.